The topological polar surface area (TPSA) is 37.8 Å². The standard InChI is InChI=1S/C16H23N3S/c1-12(2)11-17-9-8-15-18-19-16(20-15)10-14-7-5-4-6-13(14)3/h4-7,12,17H,8-11H2,1-3H3. The third-order valence-electron chi connectivity index (χ3n) is 3.18. The molecule has 0 atom stereocenters. The molecule has 1 aromatic carbocycles. The summed E-state index contributed by atoms with van der Waals surface area (Å²) in [5, 5.41) is 14.3. The zero-order chi connectivity index (χ0) is 14.4. The van der Waals surface area contributed by atoms with Crippen molar-refractivity contribution < 1.29 is 0 Å². The summed E-state index contributed by atoms with van der Waals surface area (Å²) in [6.45, 7) is 8.63. The van der Waals surface area contributed by atoms with Gasteiger partial charge in [0.25, 0.3) is 0 Å². The first-order chi connectivity index (χ1) is 9.65. The second-order valence-electron chi connectivity index (χ2n) is 5.54. The van der Waals surface area contributed by atoms with Crippen LogP contribution >= 0.6 is 11.3 Å². The van der Waals surface area contributed by atoms with E-state index >= 15 is 0 Å². The molecule has 0 fully saturated rings. The Balaban J connectivity index is 1.85. The average Bonchev–Trinajstić information content (AvgIpc) is 2.85. The van der Waals surface area contributed by atoms with E-state index in [0.717, 1.165) is 35.9 Å². The number of aryl methyl sites for hydroxylation is 1. The highest BCUT2D eigenvalue weighted by Crippen LogP contribution is 2.17. The largest absolute Gasteiger partial charge is 0.316 e. The van der Waals surface area contributed by atoms with Crippen molar-refractivity contribution in [3.05, 3.63) is 45.4 Å². The van der Waals surface area contributed by atoms with Crippen LogP contribution in [0.1, 0.15) is 35.0 Å². The first-order valence-electron chi connectivity index (χ1n) is 7.21. The quantitative estimate of drug-likeness (QED) is 0.795. The Hall–Kier alpha value is -1.26. The summed E-state index contributed by atoms with van der Waals surface area (Å²) in [6.07, 6.45) is 1.86. The van der Waals surface area contributed by atoms with Crippen LogP contribution in [0.15, 0.2) is 24.3 Å². The van der Waals surface area contributed by atoms with E-state index in [9.17, 15) is 0 Å². The van der Waals surface area contributed by atoms with E-state index in [4.69, 9.17) is 0 Å². The fraction of sp³-hybridized carbons (Fsp3) is 0.500. The van der Waals surface area contributed by atoms with Crippen molar-refractivity contribution in [2.75, 3.05) is 13.1 Å². The van der Waals surface area contributed by atoms with E-state index < -0.39 is 0 Å². The normalized spacial score (nSPS) is 11.2. The number of nitrogens with zero attached hydrogens (tertiary/aromatic N) is 2. The lowest BCUT2D eigenvalue weighted by molar-refractivity contribution is 0.553. The highest BCUT2D eigenvalue weighted by atomic mass is 32.1. The lowest BCUT2D eigenvalue weighted by atomic mass is 10.1. The highest BCUT2D eigenvalue weighted by molar-refractivity contribution is 7.11. The molecular formula is C16H23N3S. The Morgan fingerprint density at radius 3 is 2.65 bits per heavy atom. The van der Waals surface area contributed by atoms with Crippen LogP contribution in [0.3, 0.4) is 0 Å². The van der Waals surface area contributed by atoms with Gasteiger partial charge >= 0.3 is 0 Å². The van der Waals surface area contributed by atoms with Gasteiger partial charge in [-0.1, -0.05) is 38.1 Å². The molecule has 2 rings (SSSR count). The van der Waals surface area contributed by atoms with Crippen molar-refractivity contribution in [1.29, 1.82) is 0 Å². The van der Waals surface area contributed by atoms with Gasteiger partial charge in [-0.25, -0.2) is 0 Å². The molecule has 0 aliphatic rings. The highest BCUT2D eigenvalue weighted by Gasteiger charge is 2.06. The molecular weight excluding hydrogens is 266 g/mol. The maximum atomic E-state index is 4.31. The van der Waals surface area contributed by atoms with E-state index in [1.54, 1.807) is 11.3 Å². The van der Waals surface area contributed by atoms with E-state index in [-0.39, 0.29) is 0 Å². The van der Waals surface area contributed by atoms with Gasteiger partial charge in [0.05, 0.1) is 0 Å². The van der Waals surface area contributed by atoms with Gasteiger partial charge in [0.15, 0.2) is 0 Å². The molecule has 0 unspecified atom stereocenters. The fourth-order valence-corrected chi connectivity index (χ4v) is 2.89. The van der Waals surface area contributed by atoms with Crippen LogP contribution in [-0.2, 0) is 12.8 Å². The SMILES string of the molecule is Cc1ccccc1Cc1nnc(CCNCC(C)C)s1. The molecule has 1 N–H and O–H groups in total. The minimum Gasteiger partial charge on any atom is -0.316 e. The molecule has 0 aliphatic carbocycles. The Labute approximate surface area is 125 Å². The second kappa shape index (κ2) is 7.50. The van der Waals surface area contributed by atoms with E-state index in [1.165, 1.54) is 11.1 Å². The lowest BCUT2D eigenvalue weighted by Gasteiger charge is -2.05. The summed E-state index contributed by atoms with van der Waals surface area (Å²) in [5.41, 5.74) is 2.66. The fourth-order valence-electron chi connectivity index (χ4n) is 2.02. The van der Waals surface area contributed by atoms with Crippen LogP contribution in [0.4, 0.5) is 0 Å². The second-order valence-corrected chi connectivity index (χ2v) is 6.69. The molecule has 1 aromatic heterocycles. The minimum absolute atomic E-state index is 0.695. The number of benzene rings is 1. The third kappa shape index (κ3) is 4.69. The van der Waals surface area contributed by atoms with Crippen molar-refractivity contribution in [3.63, 3.8) is 0 Å². The van der Waals surface area contributed by atoms with E-state index in [0.29, 0.717) is 5.92 Å². The van der Waals surface area contributed by atoms with Gasteiger partial charge < -0.3 is 5.32 Å². The van der Waals surface area contributed by atoms with Gasteiger partial charge in [-0.2, -0.15) is 0 Å². The van der Waals surface area contributed by atoms with Gasteiger partial charge in [-0.3, -0.25) is 0 Å². The summed E-state index contributed by atoms with van der Waals surface area (Å²) in [7, 11) is 0. The molecule has 4 heteroatoms. The summed E-state index contributed by atoms with van der Waals surface area (Å²) in [4.78, 5) is 0. The number of hydrogen-bond acceptors (Lipinski definition) is 4. The maximum Gasteiger partial charge on any atom is 0.121 e. The number of hydrogen-bond donors (Lipinski definition) is 1. The zero-order valence-electron chi connectivity index (χ0n) is 12.5. The molecule has 2 aromatic rings. The van der Waals surface area contributed by atoms with Crippen LogP contribution in [0.2, 0.25) is 0 Å². The van der Waals surface area contributed by atoms with Crippen molar-refractivity contribution in [2.45, 2.75) is 33.6 Å². The van der Waals surface area contributed by atoms with Crippen LogP contribution in [-0.4, -0.2) is 23.3 Å². The van der Waals surface area contributed by atoms with Gasteiger partial charge in [0.2, 0.25) is 0 Å². The predicted molar refractivity (Wildman–Crippen MR) is 85.3 cm³/mol. The summed E-state index contributed by atoms with van der Waals surface area (Å²) in [6, 6.07) is 8.47. The minimum atomic E-state index is 0.695. The molecule has 0 bridgehead atoms. The Morgan fingerprint density at radius 2 is 1.90 bits per heavy atom. The van der Waals surface area contributed by atoms with Crippen LogP contribution < -0.4 is 5.32 Å². The number of rotatable bonds is 7. The van der Waals surface area contributed by atoms with Gasteiger partial charge in [0.1, 0.15) is 10.0 Å². The van der Waals surface area contributed by atoms with Gasteiger partial charge in [-0.05, 0) is 30.5 Å². The van der Waals surface area contributed by atoms with Gasteiger partial charge in [-0.15, -0.1) is 21.5 Å². The smallest absolute Gasteiger partial charge is 0.121 e. The van der Waals surface area contributed by atoms with Crippen LogP contribution in [0, 0.1) is 12.8 Å². The van der Waals surface area contributed by atoms with Crippen molar-refractivity contribution >= 4 is 11.3 Å². The average molecular weight is 289 g/mol. The Morgan fingerprint density at radius 1 is 1.15 bits per heavy atom. The van der Waals surface area contributed by atoms with Crippen LogP contribution in [0.5, 0.6) is 0 Å². The molecule has 0 spiro atoms. The predicted octanol–water partition coefficient (Wildman–Crippen LogP) is 3.23. The Bertz CT molecular complexity index is 534. The molecule has 0 radical (unpaired) electrons. The molecule has 108 valence electrons. The molecule has 0 saturated heterocycles. The summed E-state index contributed by atoms with van der Waals surface area (Å²) < 4.78 is 0. The third-order valence-corrected chi connectivity index (χ3v) is 4.16. The molecule has 20 heavy (non-hydrogen) atoms. The molecule has 1 heterocycles. The molecule has 3 nitrogen and oxygen atoms in total. The summed E-state index contributed by atoms with van der Waals surface area (Å²) >= 11 is 1.73. The Kier molecular flexibility index (Phi) is 5.68. The van der Waals surface area contributed by atoms with Gasteiger partial charge in [0, 0.05) is 19.4 Å². The van der Waals surface area contributed by atoms with E-state index in [2.05, 4.69) is 60.6 Å². The van der Waals surface area contributed by atoms with Crippen molar-refractivity contribution in [3.8, 4) is 0 Å². The molecule has 0 aliphatic heterocycles. The first-order valence-corrected chi connectivity index (χ1v) is 8.03. The van der Waals surface area contributed by atoms with Crippen LogP contribution in [0.25, 0.3) is 0 Å². The maximum absolute atomic E-state index is 4.31. The summed E-state index contributed by atoms with van der Waals surface area (Å²) in [5.74, 6) is 0.695. The van der Waals surface area contributed by atoms with E-state index in [1.807, 2.05) is 0 Å². The molecule has 0 saturated carbocycles. The first kappa shape index (κ1) is 15.1. The van der Waals surface area contributed by atoms with Crippen molar-refractivity contribution in [1.82, 2.24) is 15.5 Å². The lowest BCUT2D eigenvalue weighted by Crippen LogP contribution is -2.22. The zero-order valence-corrected chi connectivity index (χ0v) is 13.3. The number of nitrogens with one attached hydrogen (secondary N) is 1. The number of aromatic nitrogens is 2. The molecule has 0 amide bonds. The van der Waals surface area contributed by atoms with Crippen molar-refractivity contribution in [2.24, 2.45) is 5.92 Å². The monoisotopic (exact) mass is 289 g/mol.